The molecule has 168 valence electrons. The lowest BCUT2D eigenvalue weighted by Crippen LogP contribution is -2.50. The number of anilines is 1. The number of allylic oxidation sites excluding steroid dienone is 1. The van der Waals surface area contributed by atoms with Gasteiger partial charge in [-0.25, -0.2) is 0 Å². The maximum atomic E-state index is 12.9. The van der Waals surface area contributed by atoms with E-state index in [1.165, 1.54) is 18.4 Å². The van der Waals surface area contributed by atoms with Gasteiger partial charge in [-0.2, -0.15) is 0 Å². The number of piperazine rings is 1. The highest BCUT2D eigenvalue weighted by Crippen LogP contribution is 2.57. The third-order valence-corrected chi connectivity index (χ3v) is 8.57. The summed E-state index contributed by atoms with van der Waals surface area (Å²) in [6.07, 6.45) is 5.84. The summed E-state index contributed by atoms with van der Waals surface area (Å²) in [7, 11) is 1.73. The number of benzene rings is 1. The predicted molar refractivity (Wildman–Crippen MR) is 122 cm³/mol. The molecule has 0 unspecified atom stereocenters. The van der Waals surface area contributed by atoms with Crippen LogP contribution in [0.1, 0.15) is 39.0 Å². The minimum absolute atomic E-state index is 0.0158. The van der Waals surface area contributed by atoms with Crippen molar-refractivity contribution in [2.45, 2.75) is 45.1 Å². The molecule has 2 saturated carbocycles. The molecular formula is C26H36N2O3. The number of carbonyl (C=O) groups is 1. The Morgan fingerprint density at radius 2 is 2.00 bits per heavy atom. The molecule has 5 rings (SSSR count). The molecule has 0 amide bonds. The molecule has 1 aromatic carbocycles. The molecule has 2 heterocycles. The lowest BCUT2D eigenvalue weighted by molar-refractivity contribution is -0.146. The second kappa shape index (κ2) is 8.16. The fraction of sp³-hybridized carbons (Fsp3) is 0.654. The van der Waals surface area contributed by atoms with Crippen molar-refractivity contribution < 1.29 is 14.3 Å². The molecule has 2 aliphatic heterocycles. The molecule has 0 N–H and O–H groups in total. The van der Waals surface area contributed by atoms with Crippen LogP contribution >= 0.6 is 0 Å². The molecule has 31 heavy (non-hydrogen) atoms. The second-order valence-electron chi connectivity index (χ2n) is 10.4. The van der Waals surface area contributed by atoms with Crippen LogP contribution in [0.4, 0.5) is 5.69 Å². The number of hydrogen-bond acceptors (Lipinski definition) is 5. The molecule has 5 heteroatoms. The van der Waals surface area contributed by atoms with Crippen LogP contribution in [0.25, 0.3) is 0 Å². The average Bonchev–Trinajstić information content (AvgIpc) is 3.06. The van der Waals surface area contributed by atoms with Gasteiger partial charge < -0.3 is 14.4 Å². The van der Waals surface area contributed by atoms with E-state index in [0.717, 1.165) is 63.4 Å². The zero-order chi connectivity index (χ0) is 21.6. The van der Waals surface area contributed by atoms with E-state index in [9.17, 15) is 4.79 Å². The molecule has 0 aromatic heterocycles. The fourth-order valence-electron chi connectivity index (χ4n) is 6.81. The molecule has 1 aromatic rings. The molecule has 5 atom stereocenters. The van der Waals surface area contributed by atoms with E-state index in [1.54, 1.807) is 7.11 Å². The fourth-order valence-corrected chi connectivity index (χ4v) is 6.81. The molecule has 4 fully saturated rings. The van der Waals surface area contributed by atoms with Crippen LogP contribution in [0.2, 0.25) is 0 Å². The third-order valence-electron chi connectivity index (χ3n) is 8.57. The molecule has 5 nitrogen and oxygen atoms in total. The van der Waals surface area contributed by atoms with Crippen molar-refractivity contribution in [3.05, 3.63) is 36.4 Å². The lowest BCUT2D eigenvalue weighted by Gasteiger charge is -2.50. The Labute approximate surface area is 186 Å². The Balaban J connectivity index is 1.23. The minimum Gasteiger partial charge on any atom is -0.495 e. The monoisotopic (exact) mass is 424 g/mol. The Kier molecular flexibility index (Phi) is 5.49. The molecule has 0 spiro atoms. The van der Waals surface area contributed by atoms with Crippen LogP contribution < -0.4 is 9.64 Å². The summed E-state index contributed by atoms with van der Waals surface area (Å²) in [6, 6.07) is 8.22. The van der Waals surface area contributed by atoms with Crippen molar-refractivity contribution in [1.29, 1.82) is 0 Å². The van der Waals surface area contributed by atoms with Crippen molar-refractivity contribution in [3.8, 4) is 5.75 Å². The summed E-state index contributed by atoms with van der Waals surface area (Å²) in [6.45, 7) is 11.5. The van der Waals surface area contributed by atoms with Gasteiger partial charge in [-0.3, -0.25) is 9.69 Å². The van der Waals surface area contributed by atoms with Crippen LogP contribution in [0, 0.1) is 23.2 Å². The highest BCUT2D eigenvalue weighted by molar-refractivity contribution is 5.75. The van der Waals surface area contributed by atoms with Gasteiger partial charge in [0.25, 0.3) is 0 Å². The number of para-hydroxylation sites is 2. The van der Waals surface area contributed by atoms with Crippen LogP contribution in [0.15, 0.2) is 36.4 Å². The van der Waals surface area contributed by atoms with Crippen LogP contribution in [0.5, 0.6) is 5.75 Å². The summed E-state index contributed by atoms with van der Waals surface area (Å²) in [4.78, 5) is 17.7. The molecule has 0 bridgehead atoms. The standard InChI is InChI=1S/C26H36N2O3/c1-18-7-6-10-26(2)16-24-19(15-21(18)26)20(25(29)31-24)17-27-11-13-28(14-12-27)22-8-4-5-9-23(22)30-3/h4-5,8-9,19-21,24H,1,6-7,10-17H2,2-3H3/t19-,20-,21+,24-,26-/m1/s1. The average molecular weight is 425 g/mol. The van der Waals surface area contributed by atoms with Gasteiger partial charge in [-0.05, 0) is 55.6 Å². The van der Waals surface area contributed by atoms with Crippen molar-refractivity contribution in [3.63, 3.8) is 0 Å². The van der Waals surface area contributed by atoms with Gasteiger partial charge in [0.15, 0.2) is 0 Å². The van der Waals surface area contributed by atoms with Gasteiger partial charge in [-0.15, -0.1) is 0 Å². The first-order valence-corrected chi connectivity index (χ1v) is 12.0. The summed E-state index contributed by atoms with van der Waals surface area (Å²) < 4.78 is 11.5. The van der Waals surface area contributed by atoms with Crippen molar-refractivity contribution in [2.24, 2.45) is 23.2 Å². The Morgan fingerprint density at radius 3 is 2.77 bits per heavy atom. The highest BCUT2D eigenvalue weighted by Gasteiger charge is 2.55. The number of esters is 1. The Hall–Kier alpha value is -2.01. The number of hydrogen-bond donors (Lipinski definition) is 0. The van der Waals surface area contributed by atoms with E-state index < -0.39 is 0 Å². The van der Waals surface area contributed by atoms with Gasteiger partial charge in [0.1, 0.15) is 11.9 Å². The van der Waals surface area contributed by atoms with E-state index in [1.807, 2.05) is 12.1 Å². The summed E-state index contributed by atoms with van der Waals surface area (Å²) in [5, 5.41) is 0. The van der Waals surface area contributed by atoms with E-state index in [2.05, 4.69) is 35.4 Å². The minimum atomic E-state index is 0.0158. The molecule has 2 saturated heterocycles. The number of rotatable bonds is 4. The second-order valence-corrected chi connectivity index (χ2v) is 10.4. The molecule has 2 aliphatic carbocycles. The van der Waals surface area contributed by atoms with Crippen molar-refractivity contribution in [2.75, 3.05) is 44.7 Å². The number of carbonyl (C=O) groups excluding carboxylic acids is 1. The summed E-state index contributed by atoms with van der Waals surface area (Å²) >= 11 is 0. The number of nitrogens with zero attached hydrogens (tertiary/aromatic N) is 2. The number of methoxy groups -OCH3 is 1. The largest absolute Gasteiger partial charge is 0.495 e. The Bertz CT molecular complexity index is 847. The summed E-state index contributed by atoms with van der Waals surface area (Å²) in [5.74, 6) is 1.89. The summed E-state index contributed by atoms with van der Waals surface area (Å²) in [5.41, 5.74) is 2.84. The van der Waals surface area contributed by atoms with Crippen LogP contribution in [0.3, 0.4) is 0 Å². The quantitative estimate of drug-likeness (QED) is 0.537. The first kappa shape index (κ1) is 20.9. The topological polar surface area (TPSA) is 42.0 Å². The lowest BCUT2D eigenvalue weighted by atomic mass is 9.55. The highest BCUT2D eigenvalue weighted by atomic mass is 16.6. The van der Waals surface area contributed by atoms with E-state index >= 15 is 0 Å². The van der Waals surface area contributed by atoms with Crippen LogP contribution in [-0.2, 0) is 9.53 Å². The first-order chi connectivity index (χ1) is 15.0. The molecule has 0 radical (unpaired) electrons. The van der Waals surface area contributed by atoms with Crippen molar-refractivity contribution >= 4 is 11.7 Å². The maximum absolute atomic E-state index is 12.9. The Morgan fingerprint density at radius 1 is 1.23 bits per heavy atom. The zero-order valence-corrected chi connectivity index (χ0v) is 19.0. The number of ether oxygens (including phenoxy) is 2. The van der Waals surface area contributed by atoms with Crippen LogP contribution in [-0.4, -0.2) is 56.8 Å². The maximum Gasteiger partial charge on any atom is 0.310 e. The van der Waals surface area contributed by atoms with Crippen molar-refractivity contribution in [1.82, 2.24) is 4.90 Å². The molecule has 4 aliphatic rings. The van der Waals surface area contributed by atoms with Gasteiger partial charge in [0, 0.05) is 38.6 Å². The third kappa shape index (κ3) is 3.75. The zero-order valence-electron chi connectivity index (χ0n) is 19.0. The SMILES string of the molecule is C=C1CCC[C@]2(C)C[C@H]3OC(=O)[C@H](CN4CCN(c5ccccc5OC)CC4)[C@H]3C[C@@H]12. The van der Waals surface area contributed by atoms with E-state index in [0.29, 0.717) is 11.8 Å². The first-order valence-electron chi connectivity index (χ1n) is 12.0. The van der Waals surface area contributed by atoms with E-state index in [4.69, 9.17) is 9.47 Å². The number of fused-ring (bicyclic) bond motifs is 2. The van der Waals surface area contributed by atoms with Gasteiger partial charge >= 0.3 is 5.97 Å². The normalized spacial score (nSPS) is 36.0. The smallest absolute Gasteiger partial charge is 0.310 e. The van der Waals surface area contributed by atoms with Gasteiger partial charge in [0.05, 0.1) is 18.7 Å². The molecular weight excluding hydrogens is 388 g/mol. The predicted octanol–water partition coefficient (Wildman–Crippen LogP) is 4.13. The van der Waals surface area contributed by atoms with Gasteiger partial charge in [-0.1, -0.05) is 31.2 Å². The van der Waals surface area contributed by atoms with Gasteiger partial charge in [0.2, 0.25) is 0 Å². The van der Waals surface area contributed by atoms with E-state index in [-0.39, 0.29) is 23.4 Å².